The van der Waals surface area contributed by atoms with E-state index in [9.17, 15) is 59.5 Å². The van der Waals surface area contributed by atoms with Gasteiger partial charge in [0, 0.05) is 161 Å². The number of aliphatic hydroxyl groups excluding tert-OH is 3. The number of amides is 3. The minimum Gasteiger partial charge on any atom is -0.394 e. The molecule has 3 amide bonds. The van der Waals surface area contributed by atoms with Gasteiger partial charge in [-0.2, -0.15) is 21.0 Å². The van der Waals surface area contributed by atoms with Crippen LogP contribution in [0.5, 0.6) is 0 Å². The highest BCUT2D eigenvalue weighted by Crippen LogP contribution is 2.36. The van der Waals surface area contributed by atoms with Gasteiger partial charge >= 0.3 is 0 Å². The number of carbonyl (C=O) groups excluding carboxylic acids is 3. The van der Waals surface area contributed by atoms with E-state index in [0.717, 1.165) is 157 Å². The number of nitriles is 4. The molecule has 6 heterocycles. The van der Waals surface area contributed by atoms with E-state index >= 15 is 0 Å². The molecule has 0 saturated carbocycles. The van der Waals surface area contributed by atoms with Crippen LogP contribution < -0.4 is 45.3 Å². The van der Waals surface area contributed by atoms with Crippen molar-refractivity contribution in [2.24, 2.45) is 0 Å². The first-order valence-corrected chi connectivity index (χ1v) is 42.0. The standard InChI is InChI=1S/C33H36N6O2.2C32H36FN5O2/c1-23-17-24(2)30(36-27-11-13-37(14-12-27)31-9-5-3-7-25(31)19-34)18-29(23)33(41)38-15-16-39(28(21-38)22-40)32-10-6-4-8-26(32)20-35;1-22-16-23(2)30(35-26-10-12-36(13-11-26)31-9-4-3-6-24(31)19-34)18-29(22)32(40)37-14-15-38(28(20-37)21-39)27-8-5-7-25(33)17-27;1-22-17-23(2)30(35-26-11-13-36(14-12-26)31-6-4-3-5-24(31)19-34)18-29(22)32(40)37-15-16-38(28(20-37)21-39)27-9-7-25(33)8-10-27/h3-10,17-18,27-28,36,40H,11-16,21-22H2,1-2H3;3-9,16-18,26,28,35,39H,10-15,20-21H2,1-2H3;3-10,17-18,26,28,35,39H,11-16,20-21H2,1-2H3/t28-;;/m1../s1. The Balaban J connectivity index is 0.000000157. The van der Waals surface area contributed by atoms with Crippen molar-refractivity contribution in [3.63, 3.8) is 0 Å². The Labute approximate surface area is 709 Å². The maximum atomic E-state index is 13.8. The van der Waals surface area contributed by atoms with Gasteiger partial charge in [-0.25, -0.2) is 8.78 Å². The molecule has 3 atom stereocenters. The van der Waals surface area contributed by atoms with E-state index in [1.807, 2.05) is 161 Å². The number of aliphatic hydroxyl groups is 3. The number of benzene rings is 9. The number of piperidine rings is 3. The number of anilines is 9. The Bertz CT molecular complexity index is 5350. The van der Waals surface area contributed by atoms with Gasteiger partial charge < -0.3 is 75.4 Å². The van der Waals surface area contributed by atoms with Gasteiger partial charge in [-0.1, -0.05) is 72.8 Å². The summed E-state index contributed by atoms with van der Waals surface area (Å²) in [5, 5.41) is 79.4. The maximum Gasteiger partial charge on any atom is 0.254 e. The van der Waals surface area contributed by atoms with E-state index in [2.05, 4.69) is 93.9 Å². The lowest BCUT2D eigenvalue weighted by molar-refractivity contribution is 0.0690. The SMILES string of the molecule is Cc1cc(C)c(C(=O)N2CCN(c3ccc(F)cc3)C(CO)C2)cc1NC1CCN(c2ccccc2C#N)CC1.Cc1cc(C)c(C(=O)N2CCN(c3cccc(F)c3)C(CO)C2)cc1NC1CCN(c2ccccc2C#N)CC1.Cc1cc(C)c(C(=O)N2CCN(c3ccccc3C#N)[C@@H](CO)C2)cc1NC1CCN(c2ccccc2C#N)CC1. The summed E-state index contributed by atoms with van der Waals surface area (Å²) in [4.78, 5) is 59.5. The Hall–Kier alpha value is -12.7. The number of aryl methyl sites for hydroxylation is 6. The Kier molecular flexibility index (Phi) is 28.4. The van der Waals surface area contributed by atoms with Crippen molar-refractivity contribution in [3.8, 4) is 24.3 Å². The lowest BCUT2D eigenvalue weighted by atomic mass is 9.99. The van der Waals surface area contributed by atoms with E-state index < -0.39 is 0 Å². The molecule has 121 heavy (non-hydrogen) atoms. The lowest BCUT2D eigenvalue weighted by Gasteiger charge is -2.42. The van der Waals surface area contributed by atoms with Crippen molar-refractivity contribution < 1.29 is 38.5 Å². The van der Waals surface area contributed by atoms with Gasteiger partial charge in [0.2, 0.25) is 0 Å². The molecule has 0 aliphatic carbocycles. The molecular formula is C97H108F2N16O6. The number of para-hydroxylation sites is 4. The fourth-order valence-corrected chi connectivity index (χ4v) is 17.9. The highest BCUT2D eigenvalue weighted by Gasteiger charge is 2.36. The number of halogens is 2. The van der Waals surface area contributed by atoms with Crippen molar-refractivity contribution in [3.05, 3.63) is 266 Å². The van der Waals surface area contributed by atoms with Crippen molar-refractivity contribution in [1.82, 2.24) is 14.7 Å². The molecule has 0 aromatic heterocycles. The summed E-state index contributed by atoms with van der Waals surface area (Å²) in [6.45, 7) is 21.1. The zero-order valence-electron chi connectivity index (χ0n) is 69.9. The van der Waals surface area contributed by atoms with Crippen LogP contribution in [0.25, 0.3) is 0 Å². The molecule has 6 N–H and O–H groups in total. The minimum absolute atomic E-state index is 0.0410. The van der Waals surface area contributed by atoms with Crippen molar-refractivity contribution in [2.75, 3.05) is 163 Å². The molecule has 6 aliphatic rings. The molecule has 22 nitrogen and oxygen atoms in total. The lowest BCUT2D eigenvalue weighted by Crippen LogP contribution is -2.56. The van der Waals surface area contributed by atoms with Crippen LogP contribution in [0.1, 0.15) is 125 Å². The summed E-state index contributed by atoms with van der Waals surface area (Å²) < 4.78 is 27.2. The second-order valence-electron chi connectivity index (χ2n) is 32.5. The van der Waals surface area contributed by atoms with E-state index in [1.165, 1.54) is 24.3 Å². The van der Waals surface area contributed by atoms with Crippen LogP contribution in [0.15, 0.2) is 182 Å². The van der Waals surface area contributed by atoms with Crippen LogP contribution in [-0.2, 0) is 0 Å². The Morgan fingerprint density at radius 1 is 0.339 bits per heavy atom. The molecule has 9 aromatic rings. The summed E-state index contributed by atoms with van der Waals surface area (Å²) >= 11 is 0. The summed E-state index contributed by atoms with van der Waals surface area (Å²) in [7, 11) is 0. The first-order valence-electron chi connectivity index (χ1n) is 42.0. The van der Waals surface area contributed by atoms with Gasteiger partial charge in [-0.3, -0.25) is 14.4 Å². The quantitative estimate of drug-likeness (QED) is 0.0466. The largest absolute Gasteiger partial charge is 0.394 e. The fourth-order valence-electron chi connectivity index (χ4n) is 17.9. The molecule has 15 rings (SSSR count). The first kappa shape index (κ1) is 86.1. The minimum atomic E-state index is -0.319. The molecular weight excluding hydrogens is 1520 g/mol. The van der Waals surface area contributed by atoms with E-state index in [-0.39, 0.29) is 85.4 Å². The second-order valence-corrected chi connectivity index (χ2v) is 32.5. The van der Waals surface area contributed by atoms with Crippen LogP contribution >= 0.6 is 0 Å². The number of carbonyl (C=O) groups is 3. The third kappa shape index (κ3) is 20.3. The Morgan fingerprint density at radius 2 is 0.645 bits per heavy atom. The van der Waals surface area contributed by atoms with Gasteiger partial charge in [0.05, 0.1) is 82.9 Å². The number of piperazine rings is 3. The van der Waals surface area contributed by atoms with Gasteiger partial charge in [0.15, 0.2) is 0 Å². The van der Waals surface area contributed by atoms with Crippen LogP contribution in [0.4, 0.5) is 60.0 Å². The normalized spacial score (nSPS) is 17.8. The first-order chi connectivity index (χ1) is 58.7. The number of nitrogens with one attached hydrogen (secondary N) is 3. The summed E-state index contributed by atoms with van der Waals surface area (Å²) in [6.07, 6.45) is 5.58. The average molecular weight is 1630 g/mol. The third-order valence-corrected chi connectivity index (χ3v) is 24.6. The van der Waals surface area contributed by atoms with Crippen LogP contribution in [0, 0.1) is 98.5 Å². The van der Waals surface area contributed by atoms with Crippen LogP contribution in [-0.4, -0.2) is 202 Å². The average Bonchev–Trinajstić information content (AvgIpc) is 0.794. The molecule has 24 heteroatoms. The second kappa shape index (κ2) is 39.9. The Morgan fingerprint density at radius 3 is 0.975 bits per heavy atom. The third-order valence-electron chi connectivity index (χ3n) is 24.6. The van der Waals surface area contributed by atoms with Crippen LogP contribution in [0.2, 0.25) is 0 Å². The van der Waals surface area contributed by atoms with Gasteiger partial charge in [-0.15, -0.1) is 0 Å². The smallest absolute Gasteiger partial charge is 0.254 e. The molecule has 9 aromatic carbocycles. The van der Waals surface area contributed by atoms with E-state index in [1.54, 1.807) is 29.2 Å². The fraction of sp³-hybridized carbons (Fsp3) is 0.371. The van der Waals surface area contributed by atoms with Crippen molar-refractivity contribution in [2.45, 2.75) is 116 Å². The monoisotopic (exact) mass is 1630 g/mol. The molecule has 0 radical (unpaired) electrons. The summed E-state index contributed by atoms with van der Waals surface area (Å²) in [5.41, 5.74) is 18.9. The number of rotatable bonds is 18. The number of hydrogen-bond acceptors (Lipinski definition) is 19. The highest BCUT2D eigenvalue weighted by molar-refractivity contribution is 5.99. The van der Waals surface area contributed by atoms with Gasteiger partial charge in [0.1, 0.15) is 35.9 Å². The van der Waals surface area contributed by atoms with Crippen LogP contribution in [0.3, 0.4) is 0 Å². The summed E-state index contributed by atoms with van der Waals surface area (Å²) in [6, 6.07) is 64.4. The van der Waals surface area contributed by atoms with Crippen molar-refractivity contribution >= 4 is 68.9 Å². The van der Waals surface area contributed by atoms with Crippen molar-refractivity contribution in [1.29, 1.82) is 21.0 Å². The predicted octanol–water partition coefficient (Wildman–Crippen LogP) is 13.9. The van der Waals surface area contributed by atoms with Gasteiger partial charge in [0.25, 0.3) is 17.7 Å². The molecule has 6 saturated heterocycles. The zero-order valence-corrected chi connectivity index (χ0v) is 69.9. The topological polar surface area (TPSA) is 272 Å². The molecule has 2 unspecified atom stereocenters. The molecule has 0 spiro atoms. The van der Waals surface area contributed by atoms with Gasteiger partial charge in [-0.05, 0) is 223 Å². The molecule has 6 aliphatic heterocycles. The predicted molar refractivity (Wildman–Crippen MR) is 474 cm³/mol. The molecule has 6 fully saturated rings. The maximum absolute atomic E-state index is 13.8. The molecule has 626 valence electrons. The molecule has 0 bridgehead atoms. The highest BCUT2D eigenvalue weighted by atomic mass is 19.1. The van der Waals surface area contributed by atoms with E-state index in [4.69, 9.17) is 0 Å². The number of nitrogens with zero attached hydrogens (tertiary/aromatic N) is 13. The summed E-state index contributed by atoms with van der Waals surface area (Å²) in [5.74, 6) is -0.755. The zero-order chi connectivity index (χ0) is 85.4. The van der Waals surface area contributed by atoms with E-state index in [0.29, 0.717) is 104 Å². The number of hydrogen-bond donors (Lipinski definition) is 6.